The molecule has 0 bridgehead atoms. The molecule has 3 aliphatic heterocycles. The number of unbranched alkanes of at least 4 members (excludes halogenated alkanes) is 1. The number of rotatable bonds is 11. The van der Waals surface area contributed by atoms with Gasteiger partial charge in [-0.15, -0.1) is 16.4 Å². The fourth-order valence-corrected chi connectivity index (χ4v) is 10.1. The fourth-order valence-electron chi connectivity index (χ4n) is 9.20. The van der Waals surface area contributed by atoms with Crippen LogP contribution in [0.3, 0.4) is 0 Å². The van der Waals surface area contributed by atoms with Gasteiger partial charge in [-0.3, -0.25) is 19.2 Å². The molecule has 3 aromatic rings. The van der Waals surface area contributed by atoms with Gasteiger partial charge in [0, 0.05) is 38.7 Å². The highest BCUT2D eigenvalue weighted by molar-refractivity contribution is 7.21. The molecule has 6 rings (SSSR count). The number of hydrogen-bond acceptors (Lipinski definition) is 15. The Kier molecular flexibility index (Phi) is 14.7. The lowest BCUT2D eigenvalue weighted by Gasteiger charge is -2.45. The summed E-state index contributed by atoms with van der Waals surface area (Å²) in [5.41, 5.74) is -0.592. The van der Waals surface area contributed by atoms with Crippen LogP contribution in [-0.2, 0) is 39.8 Å². The number of aromatic nitrogens is 4. The van der Waals surface area contributed by atoms with E-state index >= 15 is 0 Å². The summed E-state index contributed by atoms with van der Waals surface area (Å²) in [7, 11) is 5.39. The van der Waals surface area contributed by atoms with Crippen molar-refractivity contribution in [1.29, 1.82) is 0 Å². The highest BCUT2D eigenvalue weighted by Crippen LogP contribution is 2.39. The monoisotopic (exact) mass is 855 g/mol. The van der Waals surface area contributed by atoms with E-state index in [1.54, 1.807) is 28.0 Å². The van der Waals surface area contributed by atoms with Crippen LogP contribution in [0.2, 0.25) is 0 Å². The molecule has 1 amide bonds. The second-order valence-electron chi connectivity index (χ2n) is 17.7. The van der Waals surface area contributed by atoms with Gasteiger partial charge in [-0.25, -0.2) is 9.78 Å². The van der Waals surface area contributed by atoms with E-state index in [-0.39, 0.29) is 30.5 Å². The SMILES string of the molecule is CC[C@H]1OC(=O)[C@H](C)C(=O)C[C@@H](O[C@@H]2O[C@H](C)CC(N(C)C)C2O)[C@](C)(OC)C[C@@H](C)CN[C@H](C)[C@H]2N(CCCCn3cc(-c4nc5ccccc5s4)nn3)C(=O)O[C@]12C. The van der Waals surface area contributed by atoms with Crippen LogP contribution in [0.1, 0.15) is 87.0 Å². The molecule has 3 saturated heterocycles. The lowest BCUT2D eigenvalue weighted by molar-refractivity contribution is -0.289. The van der Waals surface area contributed by atoms with Crippen molar-refractivity contribution in [3.63, 3.8) is 0 Å². The van der Waals surface area contributed by atoms with Crippen molar-refractivity contribution in [1.82, 2.24) is 35.1 Å². The molecule has 3 fully saturated rings. The Morgan fingerprint density at radius 1 is 1.08 bits per heavy atom. The summed E-state index contributed by atoms with van der Waals surface area (Å²) in [6, 6.07) is 6.96. The van der Waals surface area contributed by atoms with Crippen molar-refractivity contribution in [2.75, 3.05) is 34.3 Å². The van der Waals surface area contributed by atoms with Gasteiger partial charge < -0.3 is 39.0 Å². The Hall–Kier alpha value is -3.58. The molecule has 2 unspecified atom stereocenters. The van der Waals surface area contributed by atoms with Gasteiger partial charge in [0.2, 0.25) is 0 Å². The van der Waals surface area contributed by atoms with Crippen LogP contribution in [0.5, 0.6) is 0 Å². The van der Waals surface area contributed by atoms with Crippen molar-refractivity contribution in [2.45, 2.75) is 154 Å². The summed E-state index contributed by atoms with van der Waals surface area (Å²) in [5, 5.41) is 24.6. The Morgan fingerprint density at radius 3 is 2.52 bits per heavy atom. The maximum atomic E-state index is 14.1. The number of methoxy groups -OCH3 is 1. The molecule has 0 spiro atoms. The zero-order valence-corrected chi connectivity index (χ0v) is 37.6. The lowest BCUT2D eigenvalue weighted by atomic mass is 9.83. The van der Waals surface area contributed by atoms with Gasteiger partial charge in [-0.2, -0.15) is 0 Å². The van der Waals surface area contributed by atoms with Gasteiger partial charge in [0.05, 0.1) is 40.3 Å². The third kappa shape index (κ3) is 9.87. The highest BCUT2D eigenvalue weighted by atomic mass is 32.1. The largest absolute Gasteiger partial charge is 0.458 e. The van der Waals surface area contributed by atoms with Crippen molar-refractivity contribution in [2.24, 2.45) is 11.8 Å². The topological polar surface area (TPSA) is 180 Å². The molecule has 332 valence electrons. The van der Waals surface area contributed by atoms with E-state index in [0.29, 0.717) is 45.3 Å². The average molecular weight is 856 g/mol. The van der Waals surface area contributed by atoms with Crippen molar-refractivity contribution < 1.29 is 43.2 Å². The van der Waals surface area contributed by atoms with Gasteiger partial charge in [0.15, 0.2) is 11.9 Å². The number of hydrogen-bond donors (Lipinski definition) is 2. The van der Waals surface area contributed by atoms with Crippen LogP contribution >= 0.6 is 11.3 Å². The van der Waals surface area contributed by atoms with E-state index in [1.807, 2.05) is 84.1 Å². The normalized spacial score (nSPS) is 34.9. The van der Waals surface area contributed by atoms with E-state index in [4.69, 9.17) is 28.7 Å². The number of carbonyl (C=O) groups excluding carboxylic acids is 3. The molecular weight excluding hydrogens is 791 g/mol. The minimum absolute atomic E-state index is 0.000263. The number of thiazole rings is 1. The van der Waals surface area contributed by atoms with E-state index in [0.717, 1.165) is 27.3 Å². The molecule has 2 N–H and O–H groups in total. The molecule has 17 heteroatoms. The molecule has 0 aliphatic carbocycles. The highest BCUT2D eigenvalue weighted by Gasteiger charge is 2.58. The molecule has 5 heterocycles. The van der Waals surface area contributed by atoms with Crippen LogP contribution in [0, 0.1) is 11.8 Å². The third-order valence-corrected chi connectivity index (χ3v) is 13.8. The first-order chi connectivity index (χ1) is 28.5. The number of aliphatic hydroxyl groups excluding tert-OH is 1. The number of Topliss-reactive ketones (excluding diaryl/α,β-unsaturated/α-hetero) is 1. The predicted octanol–water partition coefficient (Wildman–Crippen LogP) is 5.07. The molecule has 0 radical (unpaired) electrons. The smallest absolute Gasteiger partial charge is 0.410 e. The van der Waals surface area contributed by atoms with Crippen LogP contribution in [0.15, 0.2) is 30.5 Å². The minimum atomic E-state index is -1.22. The number of nitrogens with zero attached hydrogens (tertiary/aromatic N) is 6. The van der Waals surface area contributed by atoms with Crippen molar-refractivity contribution >= 4 is 39.4 Å². The summed E-state index contributed by atoms with van der Waals surface area (Å²) in [6.07, 6.45) is 0.148. The van der Waals surface area contributed by atoms with Gasteiger partial charge in [0.25, 0.3) is 0 Å². The van der Waals surface area contributed by atoms with Crippen molar-refractivity contribution in [3.05, 3.63) is 30.5 Å². The minimum Gasteiger partial charge on any atom is -0.458 e. The zero-order chi connectivity index (χ0) is 43.5. The first-order valence-electron chi connectivity index (χ1n) is 21.4. The summed E-state index contributed by atoms with van der Waals surface area (Å²) < 4.78 is 34.2. The second kappa shape index (κ2) is 19.2. The first-order valence-corrected chi connectivity index (χ1v) is 22.2. The molecule has 0 saturated carbocycles. The average Bonchev–Trinajstić information content (AvgIpc) is 3.93. The Bertz CT molecular complexity index is 1910. The number of ketones is 1. The van der Waals surface area contributed by atoms with Gasteiger partial charge in [-0.1, -0.05) is 31.2 Å². The number of carbonyl (C=O) groups is 3. The number of benzene rings is 1. The molecular formula is C43H65N7O9S. The standard InChI is InChI=1S/C43H65N7O9S/c1-11-34-43(7)37(50(41(54)59-43)19-15-14-18-49-24-30(46-47-49)38-45-29-16-12-13-17-33(29)60-38)28(5)44-23-25(2)22-42(6,55-10)35(21-32(51)27(4)39(53)57-34)58-40-36(52)31(48(8)9)20-26(3)56-40/h12-13,16-17,24-28,31,34-37,40,44,52H,11,14-15,18-23H2,1-10H3/t25-,26-,27-,28-,31?,34-,35-,36?,37-,40+,42-,43-/m1/s1. The Morgan fingerprint density at radius 2 is 1.82 bits per heavy atom. The third-order valence-electron chi connectivity index (χ3n) is 12.8. The number of cyclic esters (lactones) is 1. The number of aryl methyl sites for hydroxylation is 1. The van der Waals surface area contributed by atoms with Gasteiger partial charge in [0.1, 0.15) is 34.6 Å². The van der Waals surface area contributed by atoms with Crippen LogP contribution in [0.4, 0.5) is 4.79 Å². The lowest BCUT2D eigenvalue weighted by Crippen LogP contribution is -2.61. The molecule has 3 aliphatic rings. The first kappa shape index (κ1) is 45.9. The number of ether oxygens (including phenoxy) is 5. The maximum absolute atomic E-state index is 14.1. The molecule has 12 atom stereocenters. The number of nitrogens with one attached hydrogen (secondary N) is 1. The van der Waals surface area contributed by atoms with E-state index in [9.17, 15) is 19.5 Å². The number of likely N-dealkylation sites (N-methyl/N-ethyl adjacent to an activating group) is 1. The van der Waals surface area contributed by atoms with E-state index in [2.05, 4.69) is 22.6 Å². The summed E-state index contributed by atoms with van der Waals surface area (Å²) >= 11 is 1.58. The van der Waals surface area contributed by atoms with Crippen LogP contribution < -0.4 is 5.32 Å². The number of aliphatic hydroxyl groups is 1. The fraction of sp³-hybridized carbons (Fsp3) is 0.721. The van der Waals surface area contributed by atoms with Gasteiger partial charge in [-0.05, 0) is 105 Å². The van der Waals surface area contributed by atoms with Gasteiger partial charge >= 0.3 is 12.1 Å². The van der Waals surface area contributed by atoms with Crippen molar-refractivity contribution in [3.8, 4) is 10.7 Å². The molecule has 1 aromatic carbocycles. The second-order valence-corrected chi connectivity index (χ2v) is 18.7. The number of amides is 1. The number of para-hydroxylation sites is 1. The summed E-state index contributed by atoms with van der Waals surface area (Å²) in [5.74, 6) is -2.26. The zero-order valence-electron chi connectivity index (χ0n) is 36.8. The van der Waals surface area contributed by atoms with E-state index < -0.39 is 65.6 Å². The Balaban J connectivity index is 1.19. The van der Waals surface area contributed by atoms with Crippen LogP contribution in [-0.4, -0.2) is 147 Å². The van der Waals surface area contributed by atoms with Crippen LogP contribution in [0.25, 0.3) is 20.9 Å². The Labute approximate surface area is 357 Å². The predicted molar refractivity (Wildman–Crippen MR) is 226 cm³/mol. The quantitative estimate of drug-likeness (QED) is 0.148. The molecule has 16 nitrogen and oxygen atoms in total. The number of fused-ring (bicyclic) bond motifs is 2. The van der Waals surface area contributed by atoms with E-state index in [1.165, 1.54) is 6.92 Å². The number of esters is 1. The summed E-state index contributed by atoms with van der Waals surface area (Å²) in [4.78, 5) is 50.2. The summed E-state index contributed by atoms with van der Waals surface area (Å²) in [6.45, 7) is 14.7. The maximum Gasteiger partial charge on any atom is 0.410 e. The molecule has 2 aromatic heterocycles. The molecule has 60 heavy (non-hydrogen) atoms.